The zero-order valence-corrected chi connectivity index (χ0v) is 14.0. The van der Waals surface area contributed by atoms with Gasteiger partial charge >= 0.3 is 0 Å². The number of anilines is 1. The zero-order chi connectivity index (χ0) is 16.9. The molecule has 1 amide bonds. The fourth-order valence-corrected chi connectivity index (χ4v) is 3.23. The molecule has 2 aromatic rings. The van der Waals surface area contributed by atoms with E-state index in [4.69, 9.17) is 11.6 Å². The Morgan fingerprint density at radius 1 is 1.33 bits per heavy atom. The number of carbonyl (C=O) groups excluding carboxylic acids is 1. The van der Waals surface area contributed by atoms with Crippen LogP contribution in [0.3, 0.4) is 0 Å². The molecule has 1 atom stereocenters. The lowest BCUT2D eigenvalue weighted by molar-refractivity contribution is -0.121. The fourth-order valence-electron chi connectivity index (χ4n) is 2.98. The minimum Gasteiger partial charge on any atom is -0.368 e. The van der Waals surface area contributed by atoms with Crippen molar-refractivity contribution in [2.45, 2.75) is 25.3 Å². The summed E-state index contributed by atoms with van der Waals surface area (Å²) in [5, 5.41) is 3.77. The van der Waals surface area contributed by atoms with Crippen LogP contribution in [0.25, 0.3) is 0 Å². The predicted octanol–water partition coefficient (Wildman–Crippen LogP) is 3.20. The molecule has 1 N–H and O–H groups in total. The van der Waals surface area contributed by atoms with Crippen molar-refractivity contribution < 1.29 is 9.18 Å². The number of halogens is 2. The predicted molar refractivity (Wildman–Crippen MR) is 92.7 cm³/mol. The minimum atomic E-state index is -0.401. The van der Waals surface area contributed by atoms with Crippen molar-refractivity contribution >= 4 is 23.2 Å². The molecule has 1 fully saturated rings. The van der Waals surface area contributed by atoms with Gasteiger partial charge in [0.2, 0.25) is 5.91 Å². The van der Waals surface area contributed by atoms with Crippen LogP contribution in [0.1, 0.15) is 18.5 Å². The number of carbonyl (C=O) groups is 1. The van der Waals surface area contributed by atoms with E-state index in [1.54, 1.807) is 0 Å². The van der Waals surface area contributed by atoms with Gasteiger partial charge in [-0.1, -0.05) is 23.7 Å². The smallest absolute Gasteiger partial charge is 0.226 e. The molecular formula is C18H19ClFN3O. The zero-order valence-electron chi connectivity index (χ0n) is 13.2. The van der Waals surface area contributed by atoms with Crippen LogP contribution in [-0.4, -0.2) is 30.0 Å². The summed E-state index contributed by atoms with van der Waals surface area (Å²) in [7, 11) is 0. The molecule has 1 unspecified atom stereocenters. The van der Waals surface area contributed by atoms with Crippen molar-refractivity contribution in [1.29, 1.82) is 0 Å². The summed E-state index contributed by atoms with van der Waals surface area (Å²) >= 11 is 6.26. The van der Waals surface area contributed by atoms with Gasteiger partial charge in [-0.2, -0.15) is 0 Å². The molecule has 6 heteroatoms. The summed E-state index contributed by atoms with van der Waals surface area (Å²) in [6.07, 6.45) is 3.21. The number of amides is 1. The number of hydrogen-bond donors (Lipinski definition) is 1. The third-order valence-corrected chi connectivity index (χ3v) is 4.43. The third-order valence-electron chi connectivity index (χ3n) is 4.11. The molecule has 24 heavy (non-hydrogen) atoms. The van der Waals surface area contributed by atoms with E-state index in [9.17, 15) is 9.18 Å². The molecule has 1 aromatic carbocycles. The molecule has 0 bridgehead atoms. The van der Waals surface area contributed by atoms with Gasteiger partial charge in [0.05, 0.1) is 23.3 Å². The summed E-state index contributed by atoms with van der Waals surface area (Å²) in [4.78, 5) is 18.3. The van der Waals surface area contributed by atoms with Crippen molar-refractivity contribution in [3.63, 3.8) is 0 Å². The van der Waals surface area contributed by atoms with Crippen LogP contribution in [0, 0.1) is 5.82 Å². The Balaban J connectivity index is 1.58. The first-order valence-corrected chi connectivity index (χ1v) is 8.39. The highest BCUT2D eigenvalue weighted by Crippen LogP contribution is 2.27. The number of nitrogens with zero attached hydrogens (tertiary/aromatic N) is 2. The van der Waals surface area contributed by atoms with Gasteiger partial charge in [-0.15, -0.1) is 0 Å². The van der Waals surface area contributed by atoms with Gasteiger partial charge in [0, 0.05) is 24.8 Å². The maximum Gasteiger partial charge on any atom is 0.226 e. The number of piperidine rings is 1. The Labute approximate surface area is 145 Å². The fraction of sp³-hybridized carbons (Fsp3) is 0.333. The van der Waals surface area contributed by atoms with Crippen LogP contribution in [0.4, 0.5) is 10.1 Å². The number of benzene rings is 1. The molecule has 2 heterocycles. The second-order valence-corrected chi connectivity index (χ2v) is 6.36. The number of rotatable bonds is 4. The first-order valence-electron chi connectivity index (χ1n) is 8.01. The van der Waals surface area contributed by atoms with E-state index >= 15 is 0 Å². The second-order valence-electron chi connectivity index (χ2n) is 5.95. The van der Waals surface area contributed by atoms with Crippen LogP contribution < -0.4 is 10.2 Å². The van der Waals surface area contributed by atoms with Gasteiger partial charge in [-0.3, -0.25) is 9.78 Å². The highest BCUT2D eigenvalue weighted by atomic mass is 35.5. The summed E-state index contributed by atoms with van der Waals surface area (Å²) < 4.78 is 12.9. The number of para-hydroxylation sites is 1. The second kappa shape index (κ2) is 7.62. The van der Waals surface area contributed by atoms with Crippen LogP contribution >= 0.6 is 11.6 Å². The largest absolute Gasteiger partial charge is 0.368 e. The first-order chi connectivity index (χ1) is 11.6. The summed E-state index contributed by atoms with van der Waals surface area (Å²) in [5.74, 6) is -0.498. The van der Waals surface area contributed by atoms with Crippen LogP contribution in [0.15, 0.2) is 42.6 Å². The molecule has 0 aliphatic carbocycles. The SMILES string of the molecule is O=C(Cc1ccc(F)cn1)NC1CCCN(c2ccccc2Cl)C1. The Morgan fingerprint density at radius 2 is 2.17 bits per heavy atom. The summed E-state index contributed by atoms with van der Waals surface area (Å²) in [6, 6.07) is 10.7. The average Bonchev–Trinajstić information content (AvgIpc) is 2.57. The van der Waals surface area contributed by atoms with E-state index < -0.39 is 5.82 Å². The van der Waals surface area contributed by atoms with Crippen LogP contribution in [0.2, 0.25) is 5.02 Å². The Morgan fingerprint density at radius 3 is 2.92 bits per heavy atom. The monoisotopic (exact) mass is 347 g/mol. The normalized spacial score (nSPS) is 17.6. The van der Waals surface area contributed by atoms with Crippen LogP contribution in [-0.2, 0) is 11.2 Å². The third kappa shape index (κ3) is 4.23. The molecule has 1 saturated heterocycles. The topological polar surface area (TPSA) is 45.2 Å². The highest BCUT2D eigenvalue weighted by molar-refractivity contribution is 6.33. The van der Waals surface area contributed by atoms with Gasteiger partial charge in [-0.25, -0.2) is 4.39 Å². The molecular weight excluding hydrogens is 329 g/mol. The lowest BCUT2D eigenvalue weighted by atomic mass is 10.0. The lowest BCUT2D eigenvalue weighted by Gasteiger charge is -2.35. The number of nitrogens with one attached hydrogen (secondary N) is 1. The van der Waals surface area contributed by atoms with Gasteiger partial charge in [0.1, 0.15) is 5.82 Å². The van der Waals surface area contributed by atoms with Crippen molar-refractivity contribution in [2.24, 2.45) is 0 Å². The van der Waals surface area contributed by atoms with E-state index in [1.165, 1.54) is 12.1 Å². The number of pyridine rings is 1. The van der Waals surface area contributed by atoms with Gasteiger partial charge < -0.3 is 10.2 Å². The number of aromatic nitrogens is 1. The summed E-state index contributed by atoms with van der Waals surface area (Å²) in [6.45, 7) is 1.65. The van der Waals surface area contributed by atoms with E-state index in [-0.39, 0.29) is 18.4 Å². The number of hydrogen-bond acceptors (Lipinski definition) is 3. The van der Waals surface area contributed by atoms with Crippen LogP contribution in [0.5, 0.6) is 0 Å². The molecule has 4 nitrogen and oxygen atoms in total. The van der Waals surface area contributed by atoms with Gasteiger partial charge in [-0.05, 0) is 37.1 Å². The van der Waals surface area contributed by atoms with Gasteiger partial charge in [0.15, 0.2) is 0 Å². The first kappa shape index (κ1) is 16.7. The Hall–Kier alpha value is -2.14. The Kier molecular flexibility index (Phi) is 5.30. The maximum absolute atomic E-state index is 12.9. The molecule has 1 aliphatic heterocycles. The molecule has 126 valence electrons. The molecule has 0 radical (unpaired) electrons. The van der Waals surface area contributed by atoms with E-state index in [1.807, 2.05) is 24.3 Å². The standard InChI is InChI=1S/C18H19ClFN3O/c19-16-5-1-2-6-17(16)23-9-3-4-15(12-23)22-18(24)10-14-8-7-13(20)11-21-14/h1-2,5-8,11,15H,3-4,9-10,12H2,(H,22,24). The molecule has 1 aromatic heterocycles. The molecule has 1 aliphatic rings. The van der Waals surface area contributed by atoms with Crippen molar-refractivity contribution in [3.05, 3.63) is 59.1 Å². The van der Waals surface area contributed by atoms with E-state index in [0.29, 0.717) is 5.69 Å². The van der Waals surface area contributed by atoms with Crippen molar-refractivity contribution in [2.75, 3.05) is 18.0 Å². The molecule has 0 saturated carbocycles. The Bertz CT molecular complexity index is 708. The highest BCUT2D eigenvalue weighted by Gasteiger charge is 2.22. The summed E-state index contributed by atoms with van der Waals surface area (Å²) in [5.41, 5.74) is 1.56. The van der Waals surface area contributed by atoms with E-state index in [2.05, 4.69) is 15.2 Å². The molecule has 0 spiro atoms. The quantitative estimate of drug-likeness (QED) is 0.923. The lowest BCUT2D eigenvalue weighted by Crippen LogP contribution is -2.48. The van der Waals surface area contributed by atoms with Crippen molar-refractivity contribution in [3.8, 4) is 0 Å². The van der Waals surface area contributed by atoms with Crippen molar-refractivity contribution in [1.82, 2.24) is 10.3 Å². The minimum absolute atomic E-state index is 0.0722. The molecule has 3 rings (SSSR count). The average molecular weight is 348 g/mol. The van der Waals surface area contributed by atoms with E-state index in [0.717, 1.165) is 42.8 Å². The maximum atomic E-state index is 12.9. The van der Waals surface area contributed by atoms with Gasteiger partial charge in [0.25, 0.3) is 0 Å².